The number of carbonyl (C=O) groups excluding carboxylic acids is 1. The van der Waals surface area contributed by atoms with Crippen LogP contribution >= 0.6 is 0 Å². The Morgan fingerprint density at radius 2 is 2.22 bits per heavy atom. The van der Waals surface area contributed by atoms with Crippen LogP contribution in [-0.2, 0) is 16.1 Å². The Hall–Kier alpha value is -2.14. The van der Waals surface area contributed by atoms with E-state index >= 15 is 0 Å². The summed E-state index contributed by atoms with van der Waals surface area (Å²) < 4.78 is 10.7. The topological polar surface area (TPSA) is 61.0 Å². The summed E-state index contributed by atoms with van der Waals surface area (Å²) in [7, 11) is 0. The zero-order valence-corrected chi connectivity index (χ0v) is 13.3. The fourth-order valence-corrected chi connectivity index (χ4v) is 3.28. The maximum absolute atomic E-state index is 12.6. The van der Waals surface area contributed by atoms with E-state index in [-0.39, 0.29) is 17.3 Å². The minimum absolute atomic E-state index is 0.0256. The quantitative estimate of drug-likeness (QED) is 0.860. The molecule has 0 saturated carbocycles. The van der Waals surface area contributed by atoms with Gasteiger partial charge in [0.1, 0.15) is 24.3 Å². The molecular weight excluding hydrogens is 294 g/mol. The van der Waals surface area contributed by atoms with Gasteiger partial charge in [0.2, 0.25) is 5.43 Å². The highest BCUT2D eigenvalue weighted by Crippen LogP contribution is 2.12. The van der Waals surface area contributed by atoms with Crippen LogP contribution in [0.1, 0.15) is 25.3 Å². The molecule has 3 rings (SSSR count). The molecule has 23 heavy (non-hydrogen) atoms. The summed E-state index contributed by atoms with van der Waals surface area (Å²) in [6, 6.07) is 7.28. The molecule has 1 saturated heterocycles. The first-order chi connectivity index (χ1) is 11.2. The van der Waals surface area contributed by atoms with Gasteiger partial charge >= 0.3 is 5.97 Å². The van der Waals surface area contributed by atoms with Gasteiger partial charge in [0.15, 0.2) is 0 Å². The van der Waals surface area contributed by atoms with Crippen LogP contribution in [0.15, 0.2) is 39.7 Å². The van der Waals surface area contributed by atoms with E-state index in [1.807, 2.05) is 19.1 Å². The molecule has 1 aliphatic rings. The monoisotopic (exact) mass is 316 g/mol. The van der Waals surface area contributed by atoms with Crippen LogP contribution in [0.5, 0.6) is 0 Å². The second-order valence-corrected chi connectivity index (χ2v) is 6.06. The predicted molar refractivity (Wildman–Crippen MR) is 86.2 cm³/mol. The highest BCUT2D eigenvalue weighted by Gasteiger charge is 2.30. The average molecular weight is 316 g/mol. The van der Waals surface area contributed by atoms with Crippen molar-refractivity contribution < 1.29 is 18.8 Å². The van der Waals surface area contributed by atoms with Crippen LogP contribution in [0, 0.1) is 5.92 Å². The minimum atomic E-state index is -0.116. The third-order valence-corrected chi connectivity index (χ3v) is 4.43. The van der Waals surface area contributed by atoms with E-state index < -0.39 is 0 Å². The van der Waals surface area contributed by atoms with E-state index in [2.05, 4.69) is 0 Å². The first-order valence-electron chi connectivity index (χ1n) is 8.18. The van der Waals surface area contributed by atoms with Crippen molar-refractivity contribution in [3.8, 4) is 0 Å². The zero-order chi connectivity index (χ0) is 16.2. The number of nitrogens with one attached hydrogen (secondary N) is 1. The largest absolute Gasteiger partial charge is 0.466 e. The van der Waals surface area contributed by atoms with Crippen molar-refractivity contribution in [2.75, 3.05) is 19.7 Å². The molecule has 1 unspecified atom stereocenters. The number of piperidine rings is 1. The molecule has 1 N–H and O–H groups in total. The van der Waals surface area contributed by atoms with Crippen molar-refractivity contribution in [2.24, 2.45) is 5.92 Å². The summed E-state index contributed by atoms with van der Waals surface area (Å²) in [4.78, 5) is 25.7. The molecule has 0 bridgehead atoms. The molecule has 2 heterocycles. The van der Waals surface area contributed by atoms with E-state index in [1.165, 1.54) is 4.90 Å². The number of hydrogen-bond acceptors (Lipinski definition) is 4. The van der Waals surface area contributed by atoms with E-state index in [4.69, 9.17) is 9.15 Å². The number of hydrogen-bond donors (Lipinski definition) is 1. The van der Waals surface area contributed by atoms with Gasteiger partial charge in [0.05, 0.1) is 30.6 Å². The van der Waals surface area contributed by atoms with Crippen LogP contribution < -0.4 is 10.3 Å². The number of ether oxygens (including phenoxy) is 1. The molecule has 5 nitrogen and oxygen atoms in total. The smallest absolute Gasteiger partial charge is 0.314 e. The van der Waals surface area contributed by atoms with Gasteiger partial charge in [-0.05, 0) is 31.9 Å². The van der Waals surface area contributed by atoms with Gasteiger partial charge in [0.25, 0.3) is 0 Å². The minimum Gasteiger partial charge on any atom is -0.466 e. The highest BCUT2D eigenvalue weighted by atomic mass is 16.5. The summed E-state index contributed by atoms with van der Waals surface area (Å²) >= 11 is 0. The lowest BCUT2D eigenvalue weighted by atomic mass is 9.98. The molecule has 0 radical (unpaired) electrons. The standard InChI is InChI=1S/C18H21NO4/c1-2-22-18(21)13-6-5-9-19(10-13)11-14-12-23-16-8-4-3-7-15(16)17(14)20/h3-4,7-8,12-13H,2,5-6,9-11H2,1H3/p+1/t13-/m0/s1. The number of likely N-dealkylation sites (tertiary alicyclic amines) is 1. The molecule has 1 aliphatic heterocycles. The number of carbonyl (C=O) groups is 1. The van der Waals surface area contributed by atoms with Gasteiger partial charge in [-0.25, -0.2) is 0 Å². The molecule has 2 aromatic rings. The summed E-state index contributed by atoms with van der Waals surface area (Å²) in [6.07, 6.45) is 3.40. The Labute approximate surface area is 134 Å². The first kappa shape index (κ1) is 15.7. The highest BCUT2D eigenvalue weighted by molar-refractivity contribution is 5.76. The number of rotatable bonds is 4. The van der Waals surface area contributed by atoms with Gasteiger partial charge in [-0.2, -0.15) is 0 Å². The molecule has 122 valence electrons. The summed E-state index contributed by atoms with van der Waals surface area (Å²) in [6.45, 7) is 4.50. The van der Waals surface area contributed by atoms with Gasteiger partial charge in [0, 0.05) is 0 Å². The third-order valence-electron chi connectivity index (χ3n) is 4.43. The van der Waals surface area contributed by atoms with Crippen LogP contribution in [0.4, 0.5) is 0 Å². The summed E-state index contributed by atoms with van der Waals surface area (Å²) in [5.74, 6) is -0.179. The Kier molecular flexibility index (Phi) is 4.76. The SMILES string of the molecule is CCOC(=O)[C@H]1CCC[NH+](Cc2coc3ccccc3c2=O)C1. The van der Waals surface area contributed by atoms with E-state index in [0.717, 1.165) is 19.4 Å². The maximum atomic E-state index is 12.6. The summed E-state index contributed by atoms with van der Waals surface area (Å²) in [5, 5.41) is 0.614. The second kappa shape index (κ2) is 6.96. The van der Waals surface area contributed by atoms with Crippen molar-refractivity contribution >= 4 is 16.9 Å². The molecule has 5 heteroatoms. The van der Waals surface area contributed by atoms with Crippen LogP contribution in [0.3, 0.4) is 0 Å². The Balaban J connectivity index is 1.75. The van der Waals surface area contributed by atoms with Crippen molar-refractivity contribution in [3.63, 3.8) is 0 Å². The molecule has 2 atom stereocenters. The Morgan fingerprint density at radius 3 is 3.04 bits per heavy atom. The van der Waals surface area contributed by atoms with Crippen molar-refractivity contribution in [2.45, 2.75) is 26.3 Å². The molecular formula is C18H22NO4+. The van der Waals surface area contributed by atoms with Crippen LogP contribution in [0.2, 0.25) is 0 Å². The van der Waals surface area contributed by atoms with E-state index in [1.54, 1.807) is 18.4 Å². The second-order valence-electron chi connectivity index (χ2n) is 6.06. The molecule has 1 aromatic carbocycles. The molecule has 0 amide bonds. The molecule has 0 aliphatic carbocycles. The lowest BCUT2D eigenvalue weighted by Crippen LogP contribution is -3.12. The number of esters is 1. The van der Waals surface area contributed by atoms with Crippen molar-refractivity contribution in [3.05, 3.63) is 46.3 Å². The lowest BCUT2D eigenvalue weighted by molar-refractivity contribution is -0.921. The number of benzene rings is 1. The van der Waals surface area contributed by atoms with Crippen molar-refractivity contribution in [1.29, 1.82) is 0 Å². The van der Waals surface area contributed by atoms with Gasteiger partial charge < -0.3 is 14.1 Å². The average Bonchev–Trinajstić information content (AvgIpc) is 2.58. The number of fused-ring (bicyclic) bond motifs is 1. The van der Waals surface area contributed by atoms with E-state index in [0.29, 0.717) is 36.2 Å². The zero-order valence-electron chi connectivity index (χ0n) is 13.3. The van der Waals surface area contributed by atoms with Crippen LogP contribution in [-0.4, -0.2) is 25.7 Å². The van der Waals surface area contributed by atoms with Crippen LogP contribution in [0.25, 0.3) is 11.0 Å². The van der Waals surface area contributed by atoms with Gasteiger partial charge in [-0.15, -0.1) is 0 Å². The van der Waals surface area contributed by atoms with Gasteiger partial charge in [-0.3, -0.25) is 9.59 Å². The maximum Gasteiger partial charge on any atom is 0.314 e. The fourth-order valence-electron chi connectivity index (χ4n) is 3.28. The molecule has 0 spiro atoms. The normalized spacial score (nSPS) is 21.3. The Morgan fingerprint density at radius 1 is 1.39 bits per heavy atom. The summed E-state index contributed by atoms with van der Waals surface area (Å²) in [5.41, 5.74) is 1.31. The Bertz CT molecular complexity index is 752. The third kappa shape index (κ3) is 3.45. The number of quaternary nitrogens is 1. The fraction of sp³-hybridized carbons (Fsp3) is 0.444. The molecule has 1 fully saturated rings. The van der Waals surface area contributed by atoms with Crippen molar-refractivity contribution in [1.82, 2.24) is 0 Å². The van der Waals surface area contributed by atoms with Gasteiger partial charge in [-0.1, -0.05) is 12.1 Å². The number of para-hydroxylation sites is 1. The first-order valence-corrected chi connectivity index (χ1v) is 8.18. The molecule has 1 aromatic heterocycles. The predicted octanol–water partition coefficient (Wildman–Crippen LogP) is 1.15. The van der Waals surface area contributed by atoms with E-state index in [9.17, 15) is 9.59 Å². The lowest BCUT2D eigenvalue weighted by Gasteiger charge is -2.28.